The topological polar surface area (TPSA) is 95.9 Å². The van der Waals surface area contributed by atoms with Crippen molar-refractivity contribution >= 4 is 11.9 Å². The molecule has 0 aliphatic rings. The number of unbranched alkanes of at least 4 members (excludes halogenated alkanes) is 30. The lowest BCUT2D eigenvalue weighted by molar-refractivity contribution is -0.143. The lowest BCUT2D eigenvalue weighted by Crippen LogP contribution is -2.45. The number of esters is 1. The summed E-state index contributed by atoms with van der Waals surface area (Å²) in [5.74, 6) is -0.0909. The van der Waals surface area contributed by atoms with Crippen LogP contribution in [0.5, 0.6) is 0 Å². The second-order valence-electron chi connectivity index (χ2n) is 15.4. The number of hydrogen-bond acceptors (Lipinski definition) is 5. The number of amides is 1. The predicted octanol–water partition coefficient (Wildman–Crippen LogP) is 12.6. The zero-order valence-electron chi connectivity index (χ0n) is 34.1. The van der Waals surface area contributed by atoms with Crippen molar-refractivity contribution < 1.29 is 24.5 Å². The lowest BCUT2D eigenvalue weighted by Gasteiger charge is -2.20. The standard InChI is InChI=1S/C45H87NO5/c1-3-5-7-9-11-13-18-23-27-31-35-39-45(50)51-40-36-32-28-24-20-17-15-16-19-22-26-30-34-38-44(49)46-42(41-47)43(48)37-33-29-25-21-14-12-10-8-6-4-2/h33,37,42-43,47-48H,3-32,34-36,38-41H2,1-2H3,(H,46,49)/b37-33+. The highest BCUT2D eigenvalue weighted by atomic mass is 16.5. The maximum atomic E-state index is 12.3. The van der Waals surface area contributed by atoms with Crippen molar-refractivity contribution in [3.63, 3.8) is 0 Å². The van der Waals surface area contributed by atoms with Gasteiger partial charge in [-0.3, -0.25) is 9.59 Å². The van der Waals surface area contributed by atoms with Gasteiger partial charge in [0.1, 0.15) is 0 Å². The average molecular weight is 722 g/mol. The molecule has 1 amide bonds. The molecule has 0 aromatic rings. The first kappa shape index (κ1) is 49.6. The van der Waals surface area contributed by atoms with Crippen LogP contribution in [0.1, 0.15) is 239 Å². The van der Waals surface area contributed by atoms with E-state index in [0.717, 1.165) is 57.8 Å². The van der Waals surface area contributed by atoms with E-state index < -0.39 is 12.1 Å². The molecule has 6 heteroatoms. The minimum atomic E-state index is -0.849. The van der Waals surface area contributed by atoms with Gasteiger partial charge >= 0.3 is 5.97 Å². The SMILES string of the molecule is CCCCCCCCCC/C=C/C(O)C(CO)NC(=O)CCCCCCCCCCCCCCCOC(=O)CCCCCCCCCCCCC. The molecule has 302 valence electrons. The van der Waals surface area contributed by atoms with Crippen LogP contribution in [0.15, 0.2) is 12.2 Å². The fourth-order valence-corrected chi connectivity index (χ4v) is 6.81. The van der Waals surface area contributed by atoms with Crippen LogP contribution in [0.2, 0.25) is 0 Å². The van der Waals surface area contributed by atoms with Crippen molar-refractivity contribution in [1.82, 2.24) is 5.32 Å². The van der Waals surface area contributed by atoms with Gasteiger partial charge in [0.05, 0.1) is 25.4 Å². The molecule has 0 saturated heterocycles. The number of aliphatic hydroxyl groups is 2. The number of aliphatic hydroxyl groups excluding tert-OH is 2. The first-order valence-corrected chi connectivity index (χ1v) is 22.5. The van der Waals surface area contributed by atoms with Gasteiger partial charge in [-0.1, -0.05) is 206 Å². The van der Waals surface area contributed by atoms with E-state index in [2.05, 4.69) is 19.2 Å². The molecule has 0 rings (SSSR count). The molecular formula is C45H87NO5. The van der Waals surface area contributed by atoms with Crippen molar-refractivity contribution in [3.8, 4) is 0 Å². The monoisotopic (exact) mass is 722 g/mol. The third kappa shape index (κ3) is 38.1. The fourth-order valence-electron chi connectivity index (χ4n) is 6.81. The number of carbonyl (C=O) groups is 2. The summed E-state index contributed by atoms with van der Waals surface area (Å²) in [6, 6.07) is -0.634. The van der Waals surface area contributed by atoms with E-state index in [-0.39, 0.29) is 18.5 Å². The van der Waals surface area contributed by atoms with Gasteiger partial charge in [-0.05, 0) is 32.1 Å². The van der Waals surface area contributed by atoms with Gasteiger partial charge in [-0.2, -0.15) is 0 Å². The summed E-state index contributed by atoms with van der Waals surface area (Å²) in [7, 11) is 0. The second-order valence-corrected chi connectivity index (χ2v) is 15.4. The van der Waals surface area contributed by atoms with Crippen LogP contribution < -0.4 is 5.32 Å². The van der Waals surface area contributed by atoms with E-state index in [0.29, 0.717) is 19.4 Å². The highest BCUT2D eigenvalue weighted by Crippen LogP contribution is 2.15. The third-order valence-electron chi connectivity index (χ3n) is 10.3. The van der Waals surface area contributed by atoms with E-state index in [9.17, 15) is 19.8 Å². The van der Waals surface area contributed by atoms with E-state index in [4.69, 9.17) is 4.74 Å². The summed E-state index contributed by atoms with van der Waals surface area (Å²) < 4.78 is 5.43. The quantitative estimate of drug-likeness (QED) is 0.0332. The van der Waals surface area contributed by atoms with Crippen LogP contribution in [0.25, 0.3) is 0 Å². The van der Waals surface area contributed by atoms with Gasteiger partial charge < -0.3 is 20.3 Å². The molecule has 0 radical (unpaired) electrons. The molecule has 0 saturated carbocycles. The van der Waals surface area contributed by atoms with E-state index in [1.165, 1.54) is 154 Å². The summed E-state index contributed by atoms with van der Waals surface area (Å²) in [6.07, 6.45) is 44.8. The van der Waals surface area contributed by atoms with Crippen LogP contribution in [0.4, 0.5) is 0 Å². The predicted molar refractivity (Wildman–Crippen MR) is 218 cm³/mol. The summed E-state index contributed by atoms with van der Waals surface area (Å²) in [6.45, 7) is 4.84. The maximum Gasteiger partial charge on any atom is 0.305 e. The smallest absolute Gasteiger partial charge is 0.305 e. The Morgan fingerprint density at radius 1 is 0.529 bits per heavy atom. The number of carbonyl (C=O) groups excluding carboxylic acids is 2. The molecule has 3 N–H and O–H groups in total. The van der Waals surface area contributed by atoms with Gasteiger partial charge in [0.25, 0.3) is 0 Å². The van der Waals surface area contributed by atoms with Gasteiger partial charge in [0, 0.05) is 12.8 Å². The summed E-state index contributed by atoms with van der Waals surface area (Å²) in [5.41, 5.74) is 0. The summed E-state index contributed by atoms with van der Waals surface area (Å²) >= 11 is 0. The highest BCUT2D eigenvalue weighted by molar-refractivity contribution is 5.76. The van der Waals surface area contributed by atoms with Crippen molar-refractivity contribution in [2.75, 3.05) is 13.2 Å². The van der Waals surface area contributed by atoms with E-state index in [1.54, 1.807) is 6.08 Å². The molecule has 2 atom stereocenters. The Labute approximate surface area is 317 Å². The lowest BCUT2D eigenvalue weighted by atomic mass is 10.0. The minimum Gasteiger partial charge on any atom is -0.466 e. The molecule has 0 heterocycles. The van der Waals surface area contributed by atoms with Gasteiger partial charge in [0.15, 0.2) is 0 Å². The number of ether oxygens (including phenoxy) is 1. The van der Waals surface area contributed by atoms with Crippen molar-refractivity contribution in [2.24, 2.45) is 0 Å². The first-order valence-electron chi connectivity index (χ1n) is 22.5. The fraction of sp³-hybridized carbons (Fsp3) is 0.911. The molecule has 2 unspecified atom stereocenters. The van der Waals surface area contributed by atoms with E-state index in [1.807, 2.05) is 6.08 Å². The number of hydrogen-bond donors (Lipinski definition) is 3. The maximum absolute atomic E-state index is 12.3. The van der Waals surface area contributed by atoms with Crippen molar-refractivity contribution in [3.05, 3.63) is 12.2 Å². The Hall–Kier alpha value is -1.40. The second kappa shape index (κ2) is 41.4. The molecular weight excluding hydrogens is 634 g/mol. The Balaban J connectivity index is 3.47. The van der Waals surface area contributed by atoms with Crippen LogP contribution in [0, 0.1) is 0 Å². The molecule has 0 spiro atoms. The molecule has 0 fully saturated rings. The first-order chi connectivity index (χ1) is 25.0. The van der Waals surface area contributed by atoms with Crippen molar-refractivity contribution in [1.29, 1.82) is 0 Å². The largest absolute Gasteiger partial charge is 0.466 e. The molecule has 0 aromatic heterocycles. The Bertz CT molecular complexity index is 757. The van der Waals surface area contributed by atoms with Crippen LogP contribution in [-0.4, -0.2) is 47.4 Å². The van der Waals surface area contributed by atoms with Crippen LogP contribution >= 0.6 is 0 Å². The average Bonchev–Trinajstić information content (AvgIpc) is 3.13. The summed E-state index contributed by atoms with van der Waals surface area (Å²) in [5, 5.41) is 22.9. The van der Waals surface area contributed by atoms with E-state index >= 15 is 0 Å². The van der Waals surface area contributed by atoms with Gasteiger partial charge in [-0.15, -0.1) is 0 Å². The van der Waals surface area contributed by atoms with Gasteiger partial charge in [0.2, 0.25) is 5.91 Å². The molecule has 0 aromatic carbocycles. The normalized spacial score (nSPS) is 12.8. The molecule has 0 aliphatic carbocycles. The number of rotatable bonds is 41. The molecule has 51 heavy (non-hydrogen) atoms. The molecule has 6 nitrogen and oxygen atoms in total. The Morgan fingerprint density at radius 2 is 0.902 bits per heavy atom. The number of nitrogens with one attached hydrogen (secondary N) is 1. The summed E-state index contributed by atoms with van der Waals surface area (Å²) in [4.78, 5) is 24.3. The van der Waals surface area contributed by atoms with Crippen LogP contribution in [0.3, 0.4) is 0 Å². The molecule has 0 bridgehead atoms. The number of allylic oxidation sites excluding steroid dienone is 1. The van der Waals surface area contributed by atoms with Crippen molar-refractivity contribution in [2.45, 2.75) is 251 Å². The van der Waals surface area contributed by atoms with Gasteiger partial charge in [-0.25, -0.2) is 0 Å². The van der Waals surface area contributed by atoms with Crippen LogP contribution in [-0.2, 0) is 14.3 Å². The Morgan fingerprint density at radius 3 is 1.33 bits per heavy atom. The zero-order chi connectivity index (χ0) is 37.3. The third-order valence-corrected chi connectivity index (χ3v) is 10.3. The highest BCUT2D eigenvalue weighted by Gasteiger charge is 2.18. The molecule has 0 aliphatic heterocycles. The Kier molecular flexibility index (Phi) is 40.2. The minimum absolute atomic E-state index is 0.00793. The zero-order valence-corrected chi connectivity index (χ0v) is 34.1.